The fourth-order valence-corrected chi connectivity index (χ4v) is 2.74. The summed E-state index contributed by atoms with van der Waals surface area (Å²) in [6.45, 7) is 0.826. The lowest BCUT2D eigenvalue weighted by atomic mass is 9.99. The number of imidazole rings is 1. The summed E-state index contributed by atoms with van der Waals surface area (Å²) in [6.07, 6.45) is -0.674. The zero-order valence-electron chi connectivity index (χ0n) is 12.5. The van der Waals surface area contributed by atoms with Gasteiger partial charge in [-0.1, -0.05) is 0 Å². The molecule has 0 fully saturated rings. The van der Waals surface area contributed by atoms with Crippen molar-refractivity contribution in [3.8, 4) is 0 Å². The Hall–Kier alpha value is -2.32. The number of hydrogen-bond donors (Lipinski definition) is 1. The molecule has 1 aliphatic rings. The largest absolute Gasteiger partial charge is 0.434 e. The first-order valence-electron chi connectivity index (χ1n) is 7.24. The number of amides is 1. The van der Waals surface area contributed by atoms with Crippen LogP contribution in [0.3, 0.4) is 0 Å². The third-order valence-electron chi connectivity index (χ3n) is 3.99. The number of nitrogens with zero attached hydrogens (tertiary/aromatic N) is 4. The molecule has 1 atom stereocenters. The summed E-state index contributed by atoms with van der Waals surface area (Å²) >= 11 is 0. The highest BCUT2D eigenvalue weighted by Crippen LogP contribution is 2.30. The van der Waals surface area contributed by atoms with E-state index in [-0.39, 0.29) is 11.8 Å². The summed E-state index contributed by atoms with van der Waals surface area (Å²) < 4.78 is 41.0. The number of aryl methyl sites for hydroxylation is 2. The monoisotopic (exact) mass is 327 g/mol. The van der Waals surface area contributed by atoms with E-state index < -0.39 is 11.9 Å². The van der Waals surface area contributed by atoms with Crippen molar-refractivity contribution in [1.82, 2.24) is 24.6 Å². The molecule has 2 aromatic heterocycles. The van der Waals surface area contributed by atoms with Gasteiger partial charge in [0, 0.05) is 39.0 Å². The zero-order valence-corrected chi connectivity index (χ0v) is 12.5. The Labute approximate surface area is 130 Å². The van der Waals surface area contributed by atoms with Gasteiger partial charge in [0.05, 0.1) is 0 Å². The lowest BCUT2D eigenvalue weighted by molar-refractivity contribution is -0.141. The summed E-state index contributed by atoms with van der Waals surface area (Å²) in [7, 11) is 1.67. The number of hydrogen-bond acceptors (Lipinski definition) is 3. The Bertz CT molecular complexity index is 718. The maximum Gasteiger partial charge on any atom is 0.434 e. The molecule has 1 aliphatic heterocycles. The zero-order chi connectivity index (χ0) is 16.6. The second-order valence-corrected chi connectivity index (χ2v) is 5.65. The highest BCUT2D eigenvalue weighted by atomic mass is 19.4. The van der Waals surface area contributed by atoms with Crippen LogP contribution in [0.2, 0.25) is 0 Å². The van der Waals surface area contributed by atoms with Gasteiger partial charge in [-0.3, -0.25) is 9.48 Å². The van der Waals surface area contributed by atoms with Gasteiger partial charge in [-0.15, -0.1) is 0 Å². The predicted octanol–water partition coefficient (Wildman–Crippen LogP) is 1.63. The van der Waals surface area contributed by atoms with Gasteiger partial charge in [-0.2, -0.15) is 18.3 Å². The number of carbonyl (C=O) groups is 1. The third kappa shape index (κ3) is 3.22. The quantitative estimate of drug-likeness (QED) is 0.932. The lowest BCUT2D eigenvalue weighted by Gasteiger charge is -2.23. The first kappa shape index (κ1) is 15.6. The van der Waals surface area contributed by atoms with Gasteiger partial charge < -0.3 is 9.88 Å². The highest BCUT2D eigenvalue weighted by Gasteiger charge is 2.35. The topological polar surface area (TPSA) is 64.7 Å². The van der Waals surface area contributed by atoms with E-state index in [1.807, 2.05) is 0 Å². The Balaban J connectivity index is 1.61. The van der Waals surface area contributed by atoms with Gasteiger partial charge in [0.2, 0.25) is 0 Å². The molecule has 1 N–H and O–H groups in total. The Morgan fingerprint density at radius 1 is 1.48 bits per heavy atom. The summed E-state index contributed by atoms with van der Waals surface area (Å²) in [6, 6.07) is 1.61. The van der Waals surface area contributed by atoms with E-state index in [1.165, 1.54) is 15.4 Å². The SMILES string of the molecule is Cn1nccc1C(=O)NC[C@@H]1CCc2nc(C(F)(F)F)cn2C1. The molecule has 0 saturated carbocycles. The Kier molecular flexibility index (Phi) is 3.87. The molecule has 1 amide bonds. The Morgan fingerprint density at radius 3 is 2.91 bits per heavy atom. The summed E-state index contributed by atoms with van der Waals surface area (Å²) in [4.78, 5) is 15.7. The van der Waals surface area contributed by atoms with Crippen molar-refractivity contribution in [2.24, 2.45) is 13.0 Å². The average Bonchev–Trinajstić information content (AvgIpc) is 3.09. The minimum Gasteiger partial charge on any atom is -0.350 e. The summed E-state index contributed by atoms with van der Waals surface area (Å²) in [5.41, 5.74) is -0.407. The van der Waals surface area contributed by atoms with Gasteiger partial charge >= 0.3 is 6.18 Å². The van der Waals surface area contributed by atoms with E-state index in [2.05, 4.69) is 15.4 Å². The van der Waals surface area contributed by atoms with E-state index in [0.717, 1.165) is 6.20 Å². The molecule has 9 heteroatoms. The van der Waals surface area contributed by atoms with Crippen LogP contribution in [0, 0.1) is 5.92 Å². The van der Waals surface area contributed by atoms with Crippen LogP contribution >= 0.6 is 0 Å². The maximum atomic E-state index is 12.7. The summed E-state index contributed by atoms with van der Waals surface area (Å²) in [5.74, 6) is 0.291. The van der Waals surface area contributed by atoms with Crippen molar-refractivity contribution in [2.75, 3.05) is 6.54 Å². The lowest BCUT2D eigenvalue weighted by Crippen LogP contribution is -2.34. The Morgan fingerprint density at radius 2 is 2.26 bits per heavy atom. The van der Waals surface area contributed by atoms with Crippen LogP contribution in [-0.4, -0.2) is 31.8 Å². The van der Waals surface area contributed by atoms with Crippen LogP contribution in [-0.2, 0) is 26.2 Å². The van der Waals surface area contributed by atoms with Crippen LogP contribution in [0.25, 0.3) is 0 Å². The molecular formula is C14H16F3N5O. The molecule has 124 valence electrons. The summed E-state index contributed by atoms with van der Waals surface area (Å²) in [5, 5.41) is 6.73. The minimum atomic E-state index is -4.42. The fourth-order valence-electron chi connectivity index (χ4n) is 2.74. The first-order valence-corrected chi connectivity index (χ1v) is 7.24. The molecule has 0 bridgehead atoms. The van der Waals surface area contributed by atoms with Gasteiger partial charge in [0.25, 0.3) is 5.91 Å². The third-order valence-corrected chi connectivity index (χ3v) is 3.99. The maximum absolute atomic E-state index is 12.7. The smallest absolute Gasteiger partial charge is 0.350 e. The van der Waals surface area contributed by atoms with Crippen LogP contribution in [0.15, 0.2) is 18.5 Å². The van der Waals surface area contributed by atoms with Crippen LogP contribution in [0.4, 0.5) is 13.2 Å². The number of carbonyl (C=O) groups excluding carboxylic acids is 1. The van der Waals surface area contributed by atoms with Crippen molar-refractivity contribution >= 4 is 5.91 Å². The molecular weight excluding hydrogens is 311 g/mol. The molecule has 0 saturated heterocycles. The molecule has 0 aliphatic carbocycles. The number of rotatable bonds is 3. The van der Waals surface area contributed by atoms with Crippen molar-refractivity contribution in [3.63, 3.8) is 0 Å². The first-order chi connectivity index (χ1) is 10.8. The van der Waals surface area contributed by atoms with Gasteiger partial charge in [-0.05, 0) is 18.4 Å². The van der Waals surface area contributed by atoms with E-state index in [0.29, 0.717) is 37.4 Å². The van der Waals surface area contributed by atoms with E-state index in [4.69, 9.17) is 0 Å². The van der Waals surface area contributed by atoms with Crippen LogP contribution < -0.4 is 5.32 Å². The molecule has 3 rings (SSSR count). The number of alkyl halides is 3. The van der Waals surface area contributed by atoms with Gasteiger partial charge in [0.15, 0.2) is 5.69 Å². The molecule has 3 heterocycles. The van der Waals surface area contributed by atoms with E-state index in [1.54, 1.807) is 13.1 Å². The number of halogens is 3. The molecule has 0 aromatic carbocycles. The second kappa shape index (κ2) is 5.71. The molecule has 0 radical (unpaired) electrons. The number of fused-ring (bicyclic) bond motifs is 1. The van der Waals surface area contributed by atoms with Crippen molar-refractivity contribution in [2.45, 2.75) is 25.6 Å². The average molecular weight is 327 g/mol. The second-order valence-electron chi connectivity index (χ2n) is 5.65. The minimum absolute atomic E-state index is 0.0787. The van der Waals surface area contributed by atoms with Crippen LogP contribution in [0.1, 0.15) is 28.4 Å². The van der Waals surface area contributed by atoms with E-state index in [9.17, 15) is 18.0 Å². The number of aromatic nitrogens is 4. The normalized spacial score (nSPS) is 17.8. The van der Waals surface area contributed by atoms with Crippen molar-refractivity contribution < 1.29 is 18.0 Å². The molecule has 6 nitrogen and oxygen atoms in total. The predicted molar refractivity (Wildman–Crippen MR) is 74.6 cm³/mol. The fraction of sp³-hybridized carbons (Fsp3) is 0.500. The van der Waals surface area contributed by atoms with Gasteiger partial charge in [-0.25, -0.2) is 4.98 Å². The van der Waals surface area contributed by atoms with Crippen molar-refractivity contribution in [1.29, 1.82) is 0 Å². The van der Waals surface area contributed by atoms with E-state index >= 15 is 0 Å². The molecule has 0 spiro atoms. The molecule has 23 heavy (non-hydrogen) atoms. The molecule has 2 aromatic rings. The highest BCUT2D eigenvalue weighted by molar-refractivity contribution is 5.92. The van der Waals surface area contributed by atoms with Crippen LogP contribution in [0.5, 0.6) is 0 Å². The van der Waals surface area contributed by atoms with Crippen molar-refractivity contribution in [3.05, 3.63) is 35.7 Å². The standard InChI is InChI=1S/C14H16F3N5O/c1-21-10(4-5-19-21)13(23)18-6-9-2-3-12-20-11(14(15,16)17)8-22(12)7-9/h4-5,8-9H,2-3,6-7H2,1H3,(H,18,23)/t9-/m0/s1. The number of nitrogens with one attached hydrogen (secondary N) is 1. The molecule has 0 unspecified atom stereocenters. The van der Waals surface area contributed by atoms with Gasteiger partial charge in [0.1, 0.15) is 11.5 Å².